The number of carbonyl (C=O) groups excluding carboxylic acids is 1. The fourth-order valence-corrected chi connectivity index (χ4v) is 2.93. The first-order chi connectivity index (χ1) is 10.1. The number of fused-ring (bicyclic) bond motifs is 1. The molecule has 4 heteroatoms. The third-order valence-corrected chi connectivity index (χ3v) is 4.33. The average Bonchev–Trinajstić information content (AvgIpc) is 3.17. The number of carbonyl (C=O) groups is 1. The molecule has 0 spiro atoms. The Morgan fingerprint density at radius 2 is 2.10 bits per heavy atom. The van der Waals surface area contributed by atoms with Crippen molar-refractivity contribution in [2.45, 2.75) is 50.6 Å². The second kappa shape index (κ2) is 5.68. The van der Waals surface area contributed by atoms with Crippen LogP contribution in [0, 0.1) is 0 Å². The first kappa shape index (κ1) is 14.4. The molecule has 2 aliphatic carbocycles. The van der Waals surface area contributed by atoms with Gasteiger partial charge in [0.15, 0.2) is 0 Å². The van der Waals surface area contributed by atoms with Crippen LogP contribution in [0.5, 0.6) is 5.75 Å². The summed E-state index contributed by atoms with van der Waals surface area (Å²) in [4.78, 5) is 12.0. The zero-order valence-corrected chi connectivity index (χ0v) is 12.8. The average molecular weight is 289 g/mol. The molecule has 1 saturated carbocycles. The first-order valence-corrected chi connectivity index (χ1v) is 7.71. The summed E-state index contributed by atoms with van der Waals surface area (Å²) in [6.45, 7) is 2.14. The highest BCUT2D eigenvalue weighted by Crippen LogP contribution is 2.27. The van der Waals surface area contributed by atoms with Crippen molar-refractivity contribution in [2.75, 3.05) is 13.7 Å². The van der Waals surface area contributed by atoms with Crippen LogP contribution >= 0.6 is 0 Å². The van der Waals surface area contributed by atoms with E-state index in [0.29, 0.717) is 6.04 Å². The molecule has 0 saturated heterocycles. The monoisotopic (exact) mass is 289 g/mol. The van der Waals surface area contributed by atoms with E-state index in [-0.39, 0.29) is 12.6 Å². The fourth-order valence-electron chi connectivity index (χ4n) is 2.93. The predicted octanol–water partition coefficient (Wildman–Crippen LogP) is 2.24. The Kier molecular flexibility index (Phi) is 3.89. The minimum atomic E-state index is -0.783. The maximum atomic E-state index is 12.0. The van der Waals surface area contributed by atoms with Gasteiger partial charge >= 0.3 is 5.97 Å². The number of esters is 1. The van der Waals surface area contributed by atoms with Gasteiger partial charge in [-0.25, -0.2) is 4.79 Å². The second-order valence-electron chi connectivity index (χ2n) is 6.32. The van der Waals surface area contributed by atoms with Crippen molar-refractivity contribution >= 4 is 5.97 Å². The van der Waals surface area contributed by atoms with Gasteiger partial charge in [-0.15, -0.1) is 0 Å². The Morgan fingerprint density at radius 3 is 2.81 bits per heavy atom. The highest BCUT2D eigenvalue weighted by molar-refractivity contribution is 5.80. The summed E-state index contributed by atoms with van der Waals surface area (Å²) in [5.41, 5.74) is 2.02. The van der Waals surface area contributed by atoms with Gasteiger partial charge in [-0.05, 0) is 62.3 Å². The van der Waals surface area contributed by atoms with Crippen LogP contribution in [0.15, 0.2) is 18.2 Å². The van der Waals surface area contributed by atoms with Crippen LogP contribution in [-0.4, -0.2) is 31.3 Å². The van der Waals surface area contributed by atoms with E-state index in [1.807, 2.05) is 13.0 Å². The van der Waals surface area contributed by atoms with E-state index in [9.17, 15) is 4.79 Å². The lowest BCUT2D eigenvalue weighted by Crippen LogP contribution is -2.55. The maximum Gasteiger partial charge on any atom is 0.329 e. The van der Waals surface area contributed by atoms with Crippen LogP contribution in [0.4, 0.5) is 0 Å². The largest absolute Gasteiger partial charge is 0.491 e. The molecule has 0 radical (unpaired) electrons. The van der Waals surface area contributed by atoms with E-state index in [1.54, 1.807) is 0 Å². The van der Waals surface area contributed by atoms with Crippen molar-refractivity contribution in [3.63, 3.8) is 0 Å². The zero-order valence-electron chi connectivity index (χ0n) is 12.8. The molecule has 0 aromatic heterocycles. The molecule has 1 unspecified atom stereocenters. The van der Waals surface area contributed by atoms with E-state index in [0.717, 1.165) is 25.0 Å². The van der Waals surface area contributed by atoms with Crippen molar-refractivity contribution in [2.24, 2.45) is 0 Å². The Labute approximate surface area is 125 Å². The van der Waals surface area contributed by atoms with Crippen molar-refractivity contribution in [1.29, 1.82) is 0 Å². The van der Waals surface area contributed by atoms with E-state index < -0.39 is 5.54 Å². The molecule has 0 bridgehead atoms. The molecule has 1 aromatic rings. The van der Waals surface area contributed by atoms with Gasteiger partial charge in [-0.2, -0.15) is 0 Å². The van der Waals surface area contributed by atoms with Crippen molar-refractivity contribution in [3.05, 3.63) is 29.3 Å². The molecular weight excluding hydrogens is 266 g/mol. The van der Waals surface area contributed by atoms with Gasteiger partial charge in [0.2, 0.25) is 0 Å². The molecule has 0 aliphatic heterocycles. The predicted molar refractivity (Wildman–Crippen MR) is 80.5 cm³/mol. The summed E-state index contributed by atoms with van der Waals surface area (Å²) in [6.07, 6.45) is 5.75. The number of methoxy groups -OCH3 is 1. The van der Waals surface area contributed by atoms with E-state index >= 15 is 0 Å². The van der Waals surface area contributed by atoms with Crippen LogP contribution in [-0.2, 0) is 22.4 Å². The second-order valence-corrected chi connectivity index (χ2v) is 6.32. The van der Waals surface area contributed by atoms with Gasteiger partial charge in [-0.3, -0.25) is 5.32 Å². The first-order valence-electron chi connectivity index (χ1n) is 7.71. The van der Waals surface area contributed by atoms with Gasteiger partial charge in [0.25, 0.3) is 0 Å². The third kappa shape index (κ3) is 3.21. The Bertz CT molecular complexity index is 539. The smallest absolute Gasteiger partial charge is 0.329 e. The molecular formula is C17H23NO3. The summed E-state index contributed by atoms with van der Waals surface area (Å²) < 4.78 is 10.8. The van der Waals surface area contributed by atoms with Crippen LogP contribution in [0.3, 0.4) is 0 Å². The summed E-state index contributed by atoms with van der Waals surface area (Å²) >= 11 is 0. The maximum absolute atomic E-state index is 12.0. The molecule has 114 valence electrons. The SMILES string of the molecule is COC(=O)C(C)(COc1ccc2c(c1)CCC2)NC1CC1. The molecule has 0 heterocycles. The Morgan fingerprint density at radius 1 is 1.33 bits per heavy atom. The van der Waals surface area contributed by atoms with Gasteiger partial charge in [0.05, 0.1) is 7.11 Å². The molecule has 3 rings (SSSR count). The minimum absolute atomic E-state index is 0.268. The summed E-state index contributed by atoms with van der Waals surface area (Å²) in [5, 5.41) is 3.34. The van der Waals surface area contributed by atoms with Gasteiger partial charge in [-0.1, -0.05) is 6.07 Å². The topological polar surface area (TPSA) is 47.6 Å². The number of ether oxygens (including phenoxy) is 2. The lowest BCUT2D eigenvalue weighted by Gasteiger charge is -2.28. The number of benzene rings is 1. The highest BCUT2D eigenvalue weighted by Gasteiger charge is 2.40. The van der Waals surface area contributed by atoms with Crippen molar-refractivity contribution in [1.82, 2.24) is 5.32 Å². The summed E-state index contributed by atoms with van der Waals surface area (Å²) in [7, 11) is 1.42. The van der Waals surface area contributed by atoms with E-state index in [4.69, 9.17) is 9.47 Å². The molecule has 4 nitrogen and oxygen atoms in total. The Balaban J connectivity index is 1.67. The lowest BCUT2D eigenvalue weighted by atomic mass is 10.0. The summed E-state index contributed by atoms with van der Waals surface area (Å²) in [6, 6.07) is 6.66. The van der Waals surface area contributed by atoms with Gasteiger partial charge in [0, 0.05) is 6.04 Å². The van der Waals surface area contributed by atoms with Crippen LogP contribution in [0.25, 0.3) is 0 Å². The number of nitrogens with one attached hydrogen (secondary N) is 1. The minimum Gasteiger partial charge on any atom is -0.491 e. The van der Waals surface area contributed by atoms with E-state index in [1.165, 1.54) is 31.1 Å². The Hall–Kier alpha value is -1.55. The van der Waals surface area contributed by atoms with Gasteiger partial charge in [0.1, 0.15) is 17.9 Å². The molecule has 1 N–H and O–H groups in total. The standard InChI is InChI=1S/C17H23NO3/c1-17(16(19)20-2,18-14-7-8-14)11-21-15-9-6-12-4-3-5-13(12)10-15/h6,9-10,14,18H,3-5,7-8,11H2,1-2H3. The highest BCUT2D eigenvalue weighted by atomic mass is 16.5. The third-order valence-electron chi connectivity index (χ3n) is 4.33. The molecule has 1 aromatic carbocycles. The molecule has 2 aliphatic rings. The van der Waals surface area contributed by atoms with Crippen LogP contribution < -0.4 is 10.1 Å². The number of hydrogen-bond donors (Lipinski definition) is 1. The lowest BCUT2D eigenvalue weighted by molar-refractivity contribution is -0.149. The van der Waals surface area contributed by atoms with Crippen LogP contribution in [0.1, 0.15) is 37.3 Å². The van der Waals surface area contributed by atoms with E-state index in [2.05, 4.69) is 17.4 Å². The quantitative estimate of drug-likeness (QED) is 0.816. The summed E-state index contributed by atoms with van der Waals surface area (Å²) in [5.74, 6) is 0.568. The van der Waals surface area contributed by atoms with Crippen LogP contribution in [0.2, 0.25) is 0 Å². The normalized spacial score (nSPS) is 19.7. The molecule has 1 fully saturated rings. The molecule has 21 heavy (non-hydrogen) atoms. The van der Waals surface area contributed by atoms with Crippen molar-refractivity contribution in [3.8, 4) is 5.75 Å². The zero-order chi connectivity index (χ0) is 14.9. The van der Waals surface area contributed by atoms with Gasteiger partial charge < -0.3 is 9.47 Å². The fraction of sp³-hybridized carbons (Fsp3) is 0.588. The number of hydrogen-bond acceptors (Lipinski definition) is 4. The number of aryl methyl sites for hydroxylation is 2. The van der Waals surface area contributed by atoms with Crippen molar-refractivity contribution < 1.29 is 14.3 Å². The molecule has 0 amide bonds. The molecule has 1 atom stereocenters. The number of rotatable bonds is 6.